The Bertz CT molecular complexity index is 849. The number of nitrogens with one attached hydrogen (secondary N) is 1. The van der Waals surface area contributed by atoms with Gasteiger partial charge < -0.3 is 15.5 Å². The number of H-pyrrole nitrogens is 1. The molecule has 0 spiro atoms. The Morgan fingerprint density at radius 1 is 1.35 bits per heavy atom. The highest BCUT2D eigenvalue weighted by atomic mass is 16.5. The summed E-state index contributed by atoms with van der Waals surface area (Å²) in [4.78, 5) is 19.4. The second-order valence-corrected chi connectivity index (χ2v) is 4.91. The van der Waals surface area contributed by atoms with E-state index in [9.17, 15) is 4.79 Å². The Kier molecular flexibility index (Phi) is 2.64. The van der Waals surface area contributed by atoms with Crippen molar-refractivity contribution in [2.45, 2.75) is 13.8 Å². The molecule has 20 heavy (non-hydrogen) atoms. The number of aryl methyl sites for hydroxylation is 2. The van der Waals surface area contributed by atoms with Crippen LogP contribution in [0, 0.1) is 13.8 Å². The van der Waals surface area contributed by atoms with Gasteiger partial charge in [0, 0.05) is 22.7 Å². The number of methoxy groups -OCH3 is 1. The number of pyridine rings is 1. The van der Waals surface area contributed by atoms with Crippen molar-refractivity contribution in [1.82, 2.24) is 9.97 Å². The Balaban J connectivity index is 2.46. The van der Waals surface area contributed by atoms with Crippen LogP contribution in [0.2, 0.25) is 0 Å². The average molecular weight is 269 g/mol. The molecule has 0 radical (unpaired) electrons. The van der Waals surface area contributed by atoms with Crippen molar-refractivity contribution in [3.05, 3.63) is 35.0 Å². The largest absolute Gasteiger partial charge is 0.465 e. The molecule has 0 unspecified atom stereocenters. The second kappa shape index (κ2) is 4.23. The van der Waals surface area contributed by atoms with Gasteiger partial charge >= 0.3 is 5.97 Å². The highest BCUT2D eigenvalue weighted by Crippen LogP contribution is 2.33. The van der Waals surface area contributed by atoms with Gasteiger partial charge in [-0.05, 0) is 37.1 Å². The number of ether oxygens (including phenoxy) is 1. The molecule has 0 saturated carbocycles. The van der Waals surface area contributed by atoms with Crippen molar-refractivity contribution in [3.8, 4) is 0 Å². The quantitative estimate of drug-likeness (QED) is 0.525. The molecular formula is C15H15N3O2. The third-order valence-electron chi connectivity index (χ3n) is 3.56. The fraction of sp³-hybridized carbons (Fsp3) is 0.200. The fourth-order valence-corrected chi connectivity index (χ4v) is 2.55. The summed E-state index contributed by atoms with van der Waals surface area (Å²) in [6, 6.07) is 3.70. The molecule has 0 aliphatic carbocycles. The van der Waals surface area contributed by atoms with Crippen molar-refractivity contribution < 1.29 is 9.53 Å². The summed E-state index contributed by atoms with van der Waals surface area (Å²) in [5, 5.41) is 1.87. The summed E-state index contributed by atoms with van der Waals surface area (Å²) in [6.45, 7) is 3.85. The van der Waals surface area contributed by atoms with Gasteiger partial charge in [0.15, 0.2) is 0 Å². The SMILES string of the molecule is COC(=O)c1cc(N)c2c([nH]c3ncc(C)cc32)c1C. The first kappa shape index (κ1) is 12.5. The number of aromatic amines is 1. The minimum Gasteiger partial charge on any atom is -0.465 e. The van der Waals surface area contributed by atoms with Crippen LogP contribution >= 0.6 is 0 Å². The van der Waals surface area contributed by atoms with Crippen LogP contribution in [0.4, 0.5) is 5.69 Å². The lowest BCUT2D eigenvalue weighted by atomic mass is 10.0. The zero-order valence-electron chi connectivity index (χ0n) is 11.6. The standard InChI is InChI=1S/C15H15N3O2/c1-7-4-10-12-11(16)5-9(15(19)20-3)8(2)13(12)18-14(10)17-6-7/h4-6H,16H2,1-3H3,(H,17,18). The van der Waals surface area contributed by atoms with E-state index in [1.165, 1.54) is 7.11 Å². The van der Waals surface area contributed by atoms with E-state index in [2.05, 4.69) is 9.97 Å². The second-order valence-electron chi connectivity index (χ2n) is 4.91. The summed E-state index contributed by atoms with van der Waals surface area (Å²) in [5.41, 5.74) is 10.6. The molecule has 0 amide bonds. The van der Waals surface area contributed by atoms with E-state index in [0.717, 1.165) is 33.1 Å². The van der Waals surface area contributed by atoms with E-state index >= 15 is 0 Å². The van der Waals surface area contributed by atoms with Gasteiger partial charge in [-0.25, -0.2) is 9.78 Å². The summed E-state index contributed by atoms with van der Waals surface area (Å²) >= 11 is 0. The van der Waals surface area contributed by atoms with Crippen molar-refractivity contribution in [1.29, 1.82) is 0 Å². The molecule has 0 fully saturated rings. The van der Waals surface area contributed by atoms with Crippen LogP contribution in [0.5, 0.6) is 0 Å². The van der Waals surface area contributed by atoms with E-state index in [1.54, 1.807) is 12.3 Å². The number of carbonyl (C=O) groups excluding carboxylic acids is 1. The van der Waals surface area contributed by atoms with Gasteiger partial charge in [-0.3, -0.25) is 0 Å². The van der Waals surface area contributed by atoms with Crippen molar-refractivity contribution >= 4 is 33.6 Å². The number of aromatic nitrogens is 2. The molecule has 3 rings (SSSR count). The third kappa shape index (κ3) is 1.63. The number of nitrogen functional groups attached to an aromatic ring is 1. The van der Waals surface area contributed by atoms with E-state index in [1.807, 2.05) is 19.9 Å². The van der Waals surface area contributed by atoms with Crippen molar-refractivity contribution in [3.63, 3.8) is 0 Å². The lowest BCUT2D eigenvalue weighted by Crippen LogP contribution is -2.05. The number of nitrogens with zero attached hydrogens (tertiary/aromatic N) is 1. The lowest BCUT2D eigenvalue weighted by molar-refractivity contribution is 0.0600. The van der Waals surface area contributed by atoms with Gasteiger partial charge in [-0.15, -0.1) is 0 Å². The molecule has 2 aromatic heterocycles. The molecule has 3 N–H and O–H groups in total. The smallest absolute Gasteiger partial charge is 0.338 e. The van der Waals surface area contributed by atoms with E-state index in [0.29, 0.717) is 11.3 Å². The fourth-order valence-electron chi connectivity index (χ4n) is 2.55. The zero-order chi connectivity index (χ0) is 14.4. The van der Waals surface area contributed by atoms with E-state index in [-0.39, 0.29) is 5.97 Å². The highest BCUT2D eigenvalue weighted by Gasteiger charge is 2.18. The van der Waals surface area contributed by atoms with Gasteiger partial charge in [0.1, 0.15) is 5.65 Å². The minimum atomic E-state index is -0.390. The zero-order valence-corrected chi connectivity index (χ0v) is 11.6. The average Bonchev–Trinajstić information content (AvgIpc) is 2.81. The molecule has 2 heterocycles. The highest BCUT2D eigenvalue weighted by molar-refractivity contribution is 6.15. The predicted molar refractivity (Wildman–Crippen MR) is 78.8 cm³/mol. The van der Waals surface area contributed by atoms with Gasteiger partial charge in [0.05, 0.1) is 18.2 Å². The summed E-state index contributed by atoms with van der Waals surface area (Å²) < 4.78 is 4.79. The number of esters is 1. The molecule has 102 valence electrons. The van der Waals surface area contributed by atoms with Crippen molar-refractivity contribution in [2.75, 3.05) is 12.8 Å². The molecular weight excluding hydrogens is 254 g/mol. The van der Waals surface area contributed by atoms with Crippen LogP contribution in [0.15, 0.2) is 18.3 Å². The summed E-state index contributed by atoms with van der Waals surface area (Å²) in [6.07, 6.45) is 1.80. The number of fused-ring (bicyclic) bond motifs is 3. The molecule has 5 heteroatoms. The number of benzene rings is 1. The van der Waals surface area contributed by atoms with E-state index < -0.39 is 0 Å². The third-order valence-corrected chi connectivity index (χ3v) is 3.56. The number of rotatable bonds is 1. The van der Waals surface area contributed by atoms with Crippen molar-refractivity contribution in [2.24, 2.45) is 0 Å². The Hall–Kier alpha value is -2.56. The molecule has 0 aliphatic rings. The number of hydrogen-bond acceptors (Lipinski definition) is 4. The first-order valence-electron chi connectivity index (χ1n) is 6.28. The maximum Gasteiger partial charge on any atom is 0.338 e. The van der Waals surface area contributed by atoms with Gasteiger partial charge in [0.2, 0.25) is 0 Å². The van der Waals surface area contributed by atoms with Gasteiger partial charge in [-0.2, -0.15) is 0 Å². The molecule has 0 saturated heterocycles. The maximum atomic E-state index is 11.8. The first-order chi connectivity index (χ1) is 9.52. The molecule has 5 nitrogen and oxygen atoms in total. The number of hydrogen-bond donors (Lipinski definition) is 2. The maximum absolute atomic E-state index is 11.8. The minimum absolute atomic E-state index is 0.390. The monoisotopic (exact) mass is 269 g/mol. The Labute approximate surface area is 115 Å². The molecule has 0 atom stereocenters. The van der Waals surface area contributed by atoms with Crippen LogP contribution in [-0.4, -0.2) is 23.0 Å². The van der Waals surface area contributed by atoms with Gasteiger partial charge in [0.25, 0.3) is 0 Å². The van der Waals surface area contributed by atoms with E-state index in [4.69, 9.17) is 10.5 Å². The Morgan fingerprint density at radius 3 is 2.80 bits per heavy atom. The van der Waals surface area contributed by atoms with Crippen LogP contribution in [0.1, 0.15) is 21.5 Å². The van der Waals surface area contributed by atoms with Crippen LogP contribution in [0.3, 0.4) is 0 Å². The van der Waals surface area contributed by atoms with Crippen LogP contribution in [-0.2, 0) is 4.74 Å². The van der Waals surface area contributed by atoms with Crippen LogP contribution in [0.25, 0.3) is 21.9 Å². The number of carbonyl (C=O) groups is 1. The molecule has 1 aromatic carbocycles. The van der Waals surface area contributed by atoms with Crippen LogP contribution < -0.4 is 5.73 Å². The topological polar surface area (TPSA) is 81.0 Å². The predicted octanol–water partition coefficient (Wildman–Crippen LogP) is 2.70. The number of anilines is 1. The molecule has 0 aliphatic heterocycles. The summed E-state index contributed by atoms with van der Waals surface area (Å²) in [7, 11) is 1.36. The normalized spacial score (nSPS) is 11.2. The first-order valence-corrected chi connectivity index (χ1v) is 6.28. The lowest BCUT2D eigenvalue weighted by Gasteiger charge is -2.07. The number of nitrogens with two attached hydrogens (primary N) is 1. The molecule has 0 bridgehead atoms. The van der Waals surface area contributed by atoms with Gasteiger partial charge in [-0.1, -0.05) is 0 Å². The molecule has 3 aromatic rings. The Morgan fingerprint density at radius 2 is 2.10 bits per heavy atom. The summed E-state index contributed by atoms with van der Waals surface area (Å²) in [5.74, 6) is -0.390.